The Morgan fingerprint density at radius 3 is 2.88 bits per heavy atom. The number of benzene rings is 1. The fourth-order valence-electron chi connectivity index (χ4n) is 2.35. The van der Waals surface area contributed by atoms with E-state index >= 15 is 0 Å². The summed E-state index contributed by atoms with van der Waals surface area (Å²) in [4.78, 5) is 2.42. The number of nitrogens with one attached hydrogen (secondary N) is 1. The SMILES string of the molecule is Cc1cc2c(N3CCNCC3)cccc2o1. The standard InChI is InChI=1S/C13H16N2O/c1-10-9-11-12(3-2-4-13(11)16-10)15-7-5-14-6-8-15/h2-4,9,14H,5-8H2,1H3. The lowest BCUT2D eigenvalue weighted by Crippen LogP contribution is -2.43. The third-order valence-electron chi connectivity index (χ3n) is 3.12. The van der Waals surface area contributed by atoms with Crippen LogP contribution in [0.15, 0.2) is 28.7 Å². The molecule has 0 bridgehead atoms. The van der Waals surface area contributed by atoms with Gasteiger partial charge in [-0.25, -0.2) is 0 Å². The second kappa shape index (κ2) is 3.83. The fourth-order valence-corrected chi connectivity index (χ4v) is 2.35. The molecule has 16 heavy (non-hydrogen) atoms. The quantitative estimate of drug-likeness (QED) is 0.791. The largest absolute Gasteiger partial charge is 0.461 e. The zero-order chi connectivity index (χ0) is 11.0. The number of aryl methyl sites for hydroxylation is 1. The highest BCUT2D eigenvalue weighted by molar-refractivity contribution is 5.91. The van der Waals surface area contributed by atoms with Gasteiger partial charge in [-0.15, -0.1) is 0 Å². The fraction of sp³-hybridized carbons (Fsp3) is 0.385. The van der Waals surface area contributed by atoms with Crippen LogP contribution in [0.3, 0.4) is 0 Å². The van der Waals surface area contributed by atoms with E-state index in [0.29, 0.717) is 0 Å². The summed E-state index contributed by atoms with van der Waals surface area (Å²) in [6, 6.07) is 8.42. The molecule has 3 heteroatoms. The second-order valence-corrected chi connectivity index (χ2v) is 4.28. The first-order valence-electron chi connectivity index (χ1n) is 5.79. The number of nitrogens with zero attached hydrogens (tertiary/aromatic N) is 1. The lowest BCUT2D eigenvalue weighted by Gasteiger charge is -2.29. The first-order chi connectivity index (χ1) is 7.84. The molecule has 2 aromatic rings. The minimum atomic E-state index is 0.984. The molecule has 0 saturated carbocycles. The zero-order valence-corrected chi connectivity index (χ0v) is 9.49. The van der Waals surface area contributed by atoms with E-state index < -0.39 is 0 Å². The molecular formula is C13H16N2O. The van der Waals surface area contributed by atoms with Crippen LogP contribution in [0.5, 0.6) is 0 Å². The molecular weight excluding hydrogens is 200 g/mol. The summed E-state index contributed by atoms with van der Waals surface area (Å²) >= 11 is 0. The van der Waals surface area contributed by atoms with Gasteiger partial charge in [0.15, 0.2) is 0 Å². The summed E-state index contributed by atoms with van der Waals surface area (Å²) in [6.45, 7) is 6.27. The van der Waals surface area contributed by atoms with E-state index in [4.69, 9.17) is 4.42 Å². The molecule has 0 amide bonds. The van der Waals surface area contributed by atoms with Crippen LogP contribution in [0.2, 0.25) is 0 Å². The van der Waals surface area contributed by atoms with Crippen molar-refractivity contribution in [2.45, 2.75) is 6.92 Å². The van der Waals surface area contributed by atoms with E-state index in [0.717, 1.165) is 37.5 Å². The van der Waals surface area contributed by atoms with Crippen molar-refractivity contribution in [1.29, 1.82) is 0 Å². The predicted octanol–water partition coefficient (Wildman–Crippen LogP) is 2.15. The van der Waals surface area contributed by atoms with Crippen molar-refractivity contribution in [2.24, 2.45) is 0 Å². The molecule has 0 aliphatic carbocycles. The number of anilines is 1. The van der Waals surface area contributed by atoms with Crippen molar-refractivity contribution in [2.75, 3.05) is 31.1 Å². The molecule has 1 fully saturated rings. The van der Waals surface area contributed by atoms with Gasteiger partial charge in [-0.05, 0) is 25.1 Å². The van der Waals surface area contributed by atoms with Gasteiger partial charge in [-0.3, -0.25) is 0 Å². The Labute approximate surface area is 95.0 Å². The molecule has 3 rings (SSSR count). The van der Waals surface area contributed by atoms with Crippen LogP contribution < -0.4 is 10.2 Å². The summed E-state index contributed by atoms with van der Waals surface area (Å²) in [7, 11) is 0. The van der Waals surface area contributed by atoms with E-state index in [-0.39, 0.29) is 0 Å². The highest BCUT2D eigenvalue weighted by Gasteiger charge is 2.14. The monoisotopic (exact) mass is 216 g/mol. The first-order valence-corrected chi connectivity index (χ1v) is 5.79. The molecule has 84 valence electrons. The molecule has 1 aliphatic rings. The number of rotatable bonds is 1. The van der Waals surface area contributed by atoms with E-state index in [9.17, 15) is 0 Å². The first kappa shape index (κ1) is 9.73. The van der Waals surface area contributed by atoms with Crippen molar-refractivity contribution in [3.8, 4) is 0 Å². The van der Waals surface area contributed by atoms with Crippen LogP contribution >= 0.6 is 0 Å². The van der Waals surface area contributed by atoms with Crippen LogP contribution in [0.4, 0.5) is 5.69 Å². The van der Waals surface area contributed by atoms with Gasteiger partial charge in [-0.1, -0.05) is 6.07 Å². The maximum atomic E-state index is 5.66. The molecule has 3 nitrogen and oxygen atoms in total. The minimum absolute atomic E-state index is 0.984. The van der Waals surface area contributed by atoms with Gasteiger partial charge < -0.3 is 14.6 Å². The molecule has 0 unspecified atom stereocenters. The topological polar surface area (TPSA) is 28.4 Å². The Morgan fingerprint density at radius 2 is 2.06 bits per heavy atom. The molecule has 0 radical (unpaired) electrons. The third kappa shape index (κ3) is 1.57. The van der Waals surface area contributed by atoms with Crippen LogP contribution in [-0.2, 0) is 0 Å². The Kier molecular flexibility index (Phi) is 2.33. The molecule has 1 aromatic heterocycles. The van der Waals surface area contributed by atoms with E-state index in [1.54, 1.807) is 0 Å². The second-order valence-electron chi connectivity index (χ2n) is 4.28. The number of fused-ring (bicyclic) bond motifs is 1. The molecule has 1 aromatic carbocycles. The summed E-state index contributed by atoms with van der Waals surface area (Å²) in [5, 5.41) is 4.61. The average Bonchev–Trinajstić information content (AvgIpc) is 2.70. The molecule has 1 N–H and O–H groups in total. The molecule has 0 atom stereocenters. The van der Waals surface area contributed by atoms with Crippen molar-refractivity contribution < 1.29 is 4.42 Å². The molecule has 2 heterocycles. The van der Waals surface area contributed by atoms with Crippen molar-refractivity contribution >= 4 is 16.7 Å². The van der Waals surface area contributed by atoms with Crippen molar-refractivity contribution in [1.82, 2.24) is 5.32 Å². The highest BCUT2D eigenvalue weighted by atomic mass is 16.3. The van der Waals surface area contributed by atoms with E-state index in [1.807, 2.05) is 13.0 Å². The predicted molar refractivity (Wildman–Crippen MR) is 66.0 cm³/mol. The van der Waals surface area contributed by atoms with Crippen molar-refractivity contribution in [3.63, 3.8) is 0 Å². The minimum Gasteiger partial charge on any atom is -0.461 e. The number of hydrogen-bond acceptors (Lipinski definition) is 3. The number of piperazine rings is 1. The van der Waals surface area contributed by atoms with Gasteiger partial charge in [0.2, 0.25) is 0 Å². The summed E-state index contributed by atoms with van der Waals surface area (Å²) in [5.74, 6) is 0.984. The van der Waals surface area contributed by atoms with Crippen LogP contribution in [0.1, 0.15) is 5.76 Å². The van der Waals surface area contributed by atoms with Gasteiger partial charge in [-0.2, -0.15) is 0 Å². The summed E-state index contributed by atoms with van der Waals surface area (Å²) in [6.07, 6.45) is 0. The Bertz CT molecular complexity index is 498. The smallest absolute Gasteiger partial charge is 0.136 e. The van der Waals surface area contributed by atoms with Gasteiger partial charge in [0.1, 0.15) is 11.3 Å². The third-order valence-corrected chi connectivity index (χ3v) is 3.12. The lowest BCUT2D eigenvalue weighted by molar-refractivity contribution is 0.577. The molecule has 0 spiro atoms. The van der Waals surface area contributed by atoms with E-state index in [1.165, 1.54) is 11.1 Å². The summed E-state index contributed by atoms with van der Waals surface area (Å²) in [5.41, 5.74) is 2.30. The number of furan rings is 1. The summed E-state index contributed by atoms with van der Waals surface area (Å²) < 4.78 is 5.66. The highest BCUT2D eigenvalue weighted by Crippen LogP contribution is 2.29. The Balaban J connectivity index is 2.07. The van der Waals surface area contributed by atoms with Gasteiger partial charge in [0.25, 0.3) is 0 Å². The van der Waals surface area contributed by atoms with Gasteiger partial charge in [0, 0.05) is 37.3 Å². The van der Waals surface area contributed by atoms with E-state index in [2.05, 4.69) is 28.4 Å². The van der Waals surface area contributed by atoms with Crippen LogP contribution in [0.25, 0.3) is 11.0 Å². The van der Waals surface area contributed by atoms with Gasteiger partial charge in [0.05, 0.1) is 0 Å². The lowest BCUT2D eigenvalue weighted by atomic mass is 10.2. The van der Waals surface area contributed by atoms with Gasteiger partial charge >= 0.3 is 0 Å². The number of hydrogen-bond donors (Lipinski definition) is 1. The molecule has 1 aliphatic heterocycles. The van der Waals surface area contributed by atoms with Crippen LogP contribution in [-0.4, -0.2) is 26.2 Å². The zero-order valence-electron chi connectivity index (χ0n) is 9.49. The maximum absolute atomic E-state index is 5.66. The molecule has 1 saturated heterocycles. The Hall–Kier alpha value is -1.48. The van der Waals surface area contributed by atoms with Crippen molar-refractivity contribution in [3.05, 3.63) is 30.0 Å². The average molecular weight is 216 g/mol. The van der Waals surface area contributed by atoms with Crippen LogP contribution in [0, 0.1) is 6.92 Å². The Morgan fingerprint density at radius 1 is 1.25 bits per heavy atom. The normalized spacial score (nSPS) is 16.9. The maximum Gasteiger partial charge on any atom is 0.136 e.